The molecule has 0 saturated carbocycles. The maximum absolute atomic E-state index is 13.2. The zero-order chi connectivity index (χ0) is 21.1. The quantitative estimate of drug-likeness (QED) is 0.652. The fourth-order valence-electron chi connectivity index (χ4n) is 4.10. The van der Waals surface area contributed by atoms with Gasteiger partial charge in [0.1, 0.15) is 11.7 Å². The maximum Gasteiger partial charge on any atom is 0.316 e. The lowest BCUT2D eigenvalue weighted by Crippen LogP contribution is -2.37. The molecular weight excluding hydrogens is 380 g/mol. The molecule has 1 aromatic heterocycles. The van der Waals surface area contributed by atoms with Gasteiger partial charge in [0.05, 0.1) is 13.2 Å². The van der Waals surface area contributed by atoms with Gasteiger partial charge in [0.25, 0.3) is 5.91 Å². The van der Waals surface area contributed by atoms with Crippen LogP contribution in [0.2, 0.25) is 0 Å². The van der Waals surface area contributed by atoms with Gasteiger partial charge in [-0.2, -0.15) is 0 Å². The molecule has 2 aromatic carbocycles. The number of esters is 1. The van der Waals surface area contributed by atoms with E-state index in [-0.39, 0.29) is 18.4 Å². The Morgan fingerprint density at radius 3 is 2.57 bits per heavy atom. The van der Waals surface area contributed by atoms with Crippen LogP contribution in [-0.2, 0) is 16.0 Å². The fraction of sp³-hybridized carbons (Fsp3) is 0.333. The standard InChI is InChI=1S/C24H26N2O4/c1-3-29-17-11-9-16(10-12-17)23(27)26-14-13-19-18-7-5-6-8-21(18)25-22(19)20(15-26)24(28)30-4-2/h5-12,20,25H,3-4,13-15H2,1-2H3. The van der Waals surface area contributed by atoms with Crippen LogP contribution in [-0.4, -0.2) is 48.1 Å². The number of nitrogens with one attached hydrogen (secondary N) is 1. The number of carbonyl (C=O) groups is 2. The van der Waals surface area contributed by atoms with Crippen molar-refractivity contribution in [3.63, 3.8) is 0 Å². The van der Waals surface area contributed by atoms with Gasteiger partial charge in [-0.1, -0.05) is 18.2 Å². The van der Waals surface area contributed by atoms with E-state index in [4.69, 9.17) is 9.47 Å². The first-order valence-corrected chi connectivity index (χ1v) is 10.4. The highest BCUT2D eigenvalue weighted by Crippen LogP contribution is 2.32. The summed E-state index contributed by atoms with van der Waals surface area (Å²) in [6.45, 7) is 5.42. The summed E-state index contributed by atoms with van der Waals surface area (Å²) in [4.78, 5) is 31.2. The number of H-pyrrole nitrogens is 1. The van der Waals surface area contributed by atoms with Crippen LogP contribution in [0.25, 0.3) is 10.9 Å². The average Bonchev–Trinajstić information content (AvgIpc) is 3.02. The lowest BCUT2D eigenvalue weighted by atomic mass is 10.00. The largest absolute Gasteiger partial charge is 0.494 e. The molecule has 6 nitrogen and oxygen atoms in total. The number of amides is 1. The van der Waals surface area contributed by atoms with Crippen LogP contribution in [0.4, 0.5) is 0 Å². The van der Waals surface area contributed by atoms with E-state index in [0.29, 0.717) is 31.7 Å². The summed E-state index contributed by atoms with van der Waals surface area (Å²) in [5.41, 5.74) is 3.53. The number of aromatic amines is 1. The van der Waals surface area contributed by atoms with Gasteiger partial charge in [-0.3, -0.25) is 9.59 Å². The lowest BCUT2D eigenvalue weighted by molar-refractivity contribution is -0.145. The van der Waals surface area contributed by atoms with E-state index in [9.17, 15) is 9.59 Å². The highest BCUT2D eigenvalue weighted by molar-refractivity contribution is 5.95. The Hall–Kier alpha value is -3.28. The zero-order valence-corrected chi connectivity index (χ0v) is 17.3. The monoisotopic (exact) mass is 406 g/mol. The summed E-state index contributed by atoms with van der Waals surface area (Å²) in [6.07, 6.45) is 0.679. The first-order valence-electron chi connectivity index (χ1n) is 10.4. The van der Waals surface area contributed by atoms with Gasteiger partial charge in [0.15, 0.2) is 0 Å². The Morgan fingerprint density at radius 1 is 1.07 bits per heavy atom. The van der Waals surface area contributed by atoms with Gasteiger partial charge in [-0.05, 0) is 56.2 Å². The van der Waals surface area contributed by atoms with E-state index in [0.717, 1.165) is 27.9 Å². The number of fused-ring (bicyclic) bond motifs is 3. The summed E-state index contributed by atoms with van der Waals surface area (Å²) in [6, 6.07) is 15.2. The summed E-state index contributed by atoms with van der Waals surface area (Å²) in [5.74, 6) is -0.212. The Bertz CT molecular complexity index is 1050. The van der Waals surface area contributed by atoms with E-state index in [1.807, 2.05) is 25.1 Å². The van der Waals surface area contributed by atoms with Crippen molar-refractivity contribution in [1.29, 1.82) is 0 Å². The fourth-order valence-corrected chi connectivity index (χ4v) is 4.10. The van der Waals surface area contributed by atoms with Gasteiger partial charge in [0.2, 0.25) is 0 Å². The Kier molecular flexibility index (Phi) is 5.74. The molecule has 1 aliphatic rings. The highest BCUT2D eigenvalue weighted by Gasteiger charge is 2.34. The molecule has 3 aromatic rings. The Balaban J connectivity index is 1.65. The molecule has 1 amide bonds. The SMILES string of the molecule is CCOC(=O)C1CN(C(=O)c2ccc(OCC)cc2)CCc2c1[nH]c1ccccc21. The molecule has 4 rings (SSSR count). The topological polar surface area (TPSA) is 71.6 Å². The molecule has 6 heteroatoms. The molecule has 2 heterocycles. The summed E-state index contributed by atoms with van der Waals surface area (Å²) in [5, 5.41) is 1.09. The summed E-state index contributed by atoms with van der Waals surface area (Å²) < 4.78 is 10.8. The van der Waals surface area contributed by atoms with E-state index in [2.05, 4.69) is 11.1 Å². The molecule has 30 heavy (non-hydrogen) atoms. The van der Waals surface area contributed by atoms with Crippen molar-refractivity contribution < 1.29 is 19.1 Å². The smallest absolute Gasteiger partial charge is 0.316 e. The molecule has 0 aliphatic carbocycles. The molecule has 0 bridgehead atoms. The second-order valence-electron chi connectivity index (χ2n) is 7.33. The van der Waals surface area contributed by atoms with Crippen LogP contribution < -0.4 is 4.74 Å². The number of benzene rings is 2. The Labute approximate surface area is 175 Å². The van der Waals surface area contributed by atoms with Crippen molar-refractivity contribution in [2.45, 2.75) is 26.2 Å². The van der Waals surface area contributed by atoms with Gasteiger partial charge >= 0.3 is 5.97 Å². The lowest BCUT2D eigenvalue weighted by Gasteiger charge is -2.24. The first-order chi connectivity index (χ1) is 14.6. The van der Waals surface area contributed by atoms with Crippen LogP contribution in [0.15, 0.2) is 48.5 Å². The van der Waals surface area contributed by atoms with Gasteiger partial charge < -0.3 is 19.4 Å². The summed E-state index contributed by atoms with van der Waals surface area (Å²) in [7, 11) is 0. The predicted octanol–water partition coefficient (Wildman–Crippen LogP) is 3.91. The molecule has 0 fully saturated rings. The second kappa shape index (κ2) is 8.61. The van der Waals surface area contributed by atoms with E-state index in [1.165, 1.54) is 0 Å². The number of rotatable bonds is 5. The molecule has 0 saturated heterocycles. The number of aromatic nitrogens is 1. The van der Waals surface area contributed by atoms with Crippen molar-refractivity contribution >= 4 is 22.8 Å². The third-order valence-corrected chi connectivity index (χ3v) is 5.50. The van der Waals surface area contributed by atoms with Crippen LogP contribution in [0.1, 0.15) is 41.4 Å². The molecule has 1 N–H and O–H groups in total. The van der Waals surface area contributed by atoms with E-state index < -0.39 is 5.92 Å². The number of para-hydroxylation sites is 1. The predicted molar refractivity (Wildman–Crippen MR) is 115 cm³/mol. The number of hydrogen-bond donors (Lipinski definition) is 1. The average molecular weight is 406 g/mol. The molecule has 0 spiro atoms. The minimum Gasteiger partial charge on any atom is -0.494 e. The molecule has 1 atom stereocenters. The van der Waals surface area contributed by atoms with Crippen molar-refractivity contribution in [1.82, 2.24) is 9.88 Å². The van der Waals surface area contributed by atoms with Gasteiger partial charge in [-0.25, -0.2) is 0 Å². The van der Waals surface area contributed by atoms with E-state index in [1.54, 1.807) is 36.1 Å². The van der Waals surface area contributed by atoms with Crippen molar-refractivity contribution in [2.75, 3.05) is 26.3 Å². The summed E-state index contributed by atoms with van der Waals surface area (Å²) >= 11 is 0. The minimum atomic E-state index is -0.540. The maximum atomic E-state index is 13.2. The third-order valence-electron chi connectivity index (χ3n) is 5.50. The Morgan fingerprint density at radius 2 is 1.83 bits per heavy atom. The first kappa shape index (κ1) is 20.0. The molecule has 156 valence electrons. The molecule has 0 radical (unpaired) electrons. The van der Waals surface area contributed by atoms with Crippen LogP contribution in [0.3, 0.4) is 0 Å². The number of ether oxygens (including phenoxy) is 2. The number of hydrogen-bond acceptors (Lipinski definition) is 4. The molecule has 1 aliphatic heterocycles. The van der Waals surface area contributed by atoms with Crippen LogP contribution in [0.5, 0.6) is 5.75 Å². The van der Waals surface area contributed by atoms with Crippen LogP contribution in [0, 0.1) is 0 Å². The zero-order valence-electron chi connectivity index (χ0n) is 17.3. The number of carbonyl (C=O) groups excluding carboxylic acids is 2. The highest BCUT2D eigenvalue weighted by atomic mass is 16.5. The van der Waals surface area contributed by atoms with Crippen molar-refractivity contribution in [2.24, 2.45) is 0 Å². The van der Waals surface area contributed by atoms with Crippen molar-refractivity contribution in [3.8, 4) is 5.75 Å². The van der Waals surface area contributed by atoms with Gasteiger partial charge in [0, 0.05) is 35.2 Å². The van der Waals surface area contributed by atoms with Gasteiger partial charge in [-0.15, -0.1) is 0 Å². The minimum absolute atomic E-state index is 0.0956. The second-order valence-corrected chi connectivity index (χ2v) is 7.33. The molecule has 1 unspecified atom stereocenters. The normalized spacial score (nSPS) is 16.1. The van der Waals surface area contributed by atoms with E-state index >= 15 is 0 Å². The molecular formula is C24H26N2O4. The van der Waals surface area contributed by atoms with Crippen LogP contribution >= 0.6 is 0 Å². The third kappa shape index (κ3) is 3.77. The number of nitrogens with zero attached hydrogens (tertiary/aromatic N) is 1. The van der Waals surface area contributed by atoms with Crippen molar-refractivity contribution in [3.05, 3.63) is 65.4 Å².